The minimum Gasteiger partial charge on any atom is -0.329 e. The first-order valence-corrected chi connectivity index (χ1v) is 8.00. The summed E-state index contributed by atoms with van der Waals surface area (Å²) in [5, 5.41) is 2.63. The molecule has 0 unspecified atom stereocenters. The van der Waals surface area contributed by atoms with Crippen molar-refractivity contribution in [1.29, 1.82) is 0 Å². The topological polar surface area (TPSA) is 101 Å². The number of likely N-dealkylation sites (N-methyl/N-ethyl adjacent to an activating group) is 1. The number of para-hydroxylation sites is 1. The monoisotopic (exact) mass is 342 g/mol. The lowest BCUT2D eigenvalue weighted by Gasteiger charge is -2.25. The Hall–Kier alpha value is -3.03. The quantitative estimate of drug-likeness (QED) is 0.786. The third-order valence-corrected chi connectivity index (χ3v) is 4.34. The average molecular weight is 342 g/mol. The van der Waals surface area contributed by atoms with Gasteiger partial charge >= 0.3 is 0 Å². The molecule has 8 nitrogen and oxygen atoms in total. The number of aromatic nitrogens is 2. The summed E-state index contributed by atoms with van der Waals surface area (Å²) in [7, 11) is 0. The van der Waals surface area contributed by atoms with Crippen molar-refractivity contribution >= 4 is 28.6 Å². The third-order valence-electron chi connectivity index (χ3n) is 4.34. The van der Waals surface area contributed by atoms with Gasteiger partial charge < -0.3 is 4.90 Å². The highest BCUT2D eigenvalue weighted by molar-refractivity contribution is 6.06. The first-order chi connectivity index (χ1) is 11.9. The maximum absolute atomic E-state index is 12.6. The molecule has 2 aromatic rings. The number of amides is 3. The first-order valence-electron chi connectivity index (χ1n) is 8.00. The number of aryl methyl sites for hydroxylation is 1. The molecule has 2 heterocycles. The van der Waals surface area contributed by atoms with Gasteiger partial charge in [0.1, 0.15) is 12.6 Å². The fraction of sp³-hybridized carbons (Fsp3) is 0.353. The van der Waals surface area contributed by atoms with Crippen LogP contribution in [0.15, 0.2) is 29.3 Å². The van der Waals surface area contributed by atoms with Crippen molar-refractivity contribution in [1.82, 2.24) is 19.8 Å². The molecular weight excluding hydrogens is 324 g/mol. The van der Waals surface area contributed by atoms with Gasteiger partial charge in [0.05, 0.1) is 23.7 Å². The molecule has 1 atom stereocenters. The smallest absolute Gasteiger partial charge is 0.261 e. The van der Waals surface area contributed by atoms with Crippen LogP contribution in [-0.4, -0.2) is 44.8 Å². The lowest BCUT2D eigenvalue weighted by Crippen LogP contribution is -2.46. The molecular formula is C17H18N4O4. The van der Waals surface area contributed by atoms with Crippen molar-refractivity contribution in [2.75, 3.05) is 6.54 Å². The van der Waals surface area contributed by atoms with Crippen LogP contribution < -0.4 is 10.9 Å². The Morgan fingerprint density at radius 3 is 2.76 bits per heavy atom. The Morgan fingerprint density at radius 1 is 1.36 bits per heavy atom. The molecule has 1 aromatic carbocycles. The molecule has 3 amide bonds. The SMILES string of the molecule is CCN(C(=O)Cn1cnc2c(C)cccc2c1=O)[C@@H]1CC(=O)NC1=O. The number of carbonyl (C=O) groups is 3. The van der Waals surface area contributed by atoms with Gasteiger partial charge in [0.2, 0.25) is 17.7 Å². The maximum atomic E-state index is 12.6. The van der Waals surface area contributed by atoms with Gasteiger partial charge in [-0.1, -0.05) is 12.1 Å². The summed E-state index contributed by atoms with van der Waals surface area (Å²) in [5.41, 5.74) is 1.17. The standard InChI is InChI=1S/C17H18N4O4/c1-3-21(12-7-13(22)19-16(12)24)14(23)8-20-9-18-15-10(2)5-4-6-11(15)17(20)25/h4-6,9,12H,3,7-8H2,1-2H3,(H,19,22,24)/t12-/m1/s1. The van der Waals surface area contributed by atoms with Gasteiger partial charge in [-0.15, -0.1) is 0 Å². The van der Waals surface area contributed by atoms with Crippen LogP contribution in [0.1, 0.15) is 18.9 Å². The van der Waals surface area contributed by atoms with Crippen LogP contribution in [0.3, 0.4) is 0 Å². The van der Waals surface area contributed by atoms with Gasteiger partial charge in [-0.3, -0.25) is 29.1 Å². The number of imide groups is 1. The van der Waals surface area contributed by atoms with Crippen molar-refractivity contribution in [3.05, 3.63) is 40.4 Å². The molecule has 8 heteroatoms. The van der Waals surface area contributed by atoms with Gasteiger partial charge in [-0.05, 0) is 25.5 Å². The molecule has 25 heavy (non-hydrogen) atoms. The first kappa shape index (κ1) is 16.8. The van der Waals surface area contributed by atoms with E-state index in [1.807, 2.05) is 13.0 Å². The lowest BCUT2D eigenvalue weighted by atomic mass is 10.1. The molecule has 1 saturated heterocycles. The predicted octanol–water partition coefficient (Wildman–Crippen LogP) is -0.0315. The number of fused-ring (bicyclic) bond motifs is 1. The normalized spacial score (nSPS) is 17.0. The zero-order chi connectivity index (χ0) is 18.1. The minimum absolute atomic E-state index is 0.0531. The molecule has 1 N–H and O–H groups in total. The van der Waals surface area contributed by atoms with Gasteiger partial charge in [-0.2, -0.15) is 0 Å². The Kier molecular flexibility index (Phi) is 4.35. The zero-order valence-corrected chi connectivity index (χ0v) is 14.0. The molecule has 0 bridgehead atoms. The fourth-order valence-corrected chi connectivity index (χ4v) is 3.05. The Morgan fingerprint density at radius 2 is 2.12 bits per heavy atom. The number of nitrogens with zero attached hydrogens (tertiary/aromatic N) is 3. The molecule has 0 saturated carbocycles. The maximum Gasteiger partial charge on any atom is 0.261 e. The van der Waals surface area contributed by atoms with Crippen LogP contribution in [0.25, 0.3) is 10.9 Å². The van der Waals surface area contributed by atoms with Gasteiger partial charge in [0.25, 0.3) is 5.56 Å². The second-order valence-corrected chi connectivity index (χ2v) is 5.96. The van der Waals surface area contributed by atoms with E-state index in [4.69, 9.17) is 0 Å². The lowest BCUT2D eigenvalue weighted by molar-refractivity contribution is -0.139. The van der Waals surface area contributed by atoms with Crippen molar-refractivity contribution in [2.24, 2.45) is 0 Å². The van der Waals surface area contributed by atoms with Crippen LogP contribution in [0.5, 0.6) is 0 Å². The molecule has 130 valence electrons. The fourth-order valence-electron chi connectivity index (χ4n) is 3.05. The summed E-state index contributed by atoms with van der Waals surface area (Å²) in [6, 6.07) is 4.47. The summed E-state index contributed by atoms with van der Waals surface area (Å²) in [4.78, 5) is 53.9. The van der Waals surface area contributed by atoms with E-state index in [1.165, 1.54) is 15.8 Å². The Bertz CT molecular complexity index is 934. The van der Waals surface area contributed by atoms with Crippen molar-refractivity contribution in [2.45, 2.75) is 32.9 Å². The van der Waals surface area contributed by atoms with E-state index in [-0.39, 0.29) is 25.1 Å². The van der Waals surface area contributed by atoms with E-state index in [0.717, 1.165) is 5.56 Å². The van der Waals surface area contributed by atoms with Crippen LogP contribution >= 0.6 is 0 Å². The van der Waals surface area contributed by atoms with E-state index in [9.17, 15) is 19.2 Å². The highest BCUT2D eigenvalue weighted by Crippen LogP contribution is 2.13. The van der Waals surface area contributed by atoms with Crippen molar-refractivity contribution in [3.8, 4) is 0 Å². The van der Waals surface area contributed by atoms with Gasteiger partial charge in [0, 0.05) is 6.54 Å². The number of nitrogens with one attached hydrogen (secondary N) is 1. The van der Waals surface area contributed by atoms with Crippen LogP contribution in [0.4, 0.5) is 0 Å². The summed E-state index contributed by atoms with van der Waals surface area (Å²) >= 11 is 0. The van der Waals surface area contributed by atoms with Crippen molar-refractivity contribution < 1.29 is 14.4 Å². The number of benzene rings is 1. The van der Waals surface area contributed by atoms with Gasteiger partial charge in [0.15, 0.2) is 0 Å². The highest BCUT2D eigenvalue weighted by atomic mass is 16.2. The summed E-state index contributed by atoms with van der Waals surface area (Å²) < 4.78 is 1.22. The minimum atomic E-state index is -0.823. The van der Waals surface area contributed by atoms with Crippen molar-refractivity contribution in [3.63, 3.8) is 0 Å². The van der Waals surface area contributed by atoms with E-state index in [2.05, 4.69) is 10.3 Å². The molecule has 3 rings (SSSR count). The molecule has 0 radical (unpaired) electrons. The van der Waals surface area contributed by atoms with Crippen LogP contribution in [0.2, 0.25) is 0 Å². The second kappa shape index (κ2) is 6.46. The Labute approximate surface area is 143 Å². The summed E-state index contributed by atoms with van der Waals surface area (Å²) in [6.45, 7) is 3.61. The largest absolute Gasteiger partial charge is 0.329 e. The van der Waals surface area contributed by atoms with E-state index >= 15 is 0 Å². The average Bonchev–Trinajstić information content (AvgIpc) is 2.90. The molecule has 0 aliphatic carbocycles. The second-order valence-electron chi connectivity index (χ2n) is 5.96. The van der Waals surface area contributed by atoms with E-state index in [0.29, 0.717) is 10.9 Å². The highest BCUT2D eigenvalue weighted by Gasteiger charge is 2.37. The van der Waals surface area contributed by atoms with E-state index in [1.54, 1.807) is 19.1 Å². The zero-order valence-electron chi connectivity index (χ0n) is 14.0. The molecule has 1 aliphatic heterocycles. The number of carbonyl (C=O) groups excluding carboxylic acids is 3. The number of hydrogen-bond acceptors (Lipinski definition) is 5. The number of rotatable bonds is 4. The molecule has 1 aliphatic rings. The number of hydrogen-bond donors (Lipinski definition) is 1. The van der Waals surface area contributed by atoms with Crippen LogP contribution in [0, 0.1) is 6.92 Å². The predicted molar refractivity (Wildman–Crippen MR) is 89.7 cm³/mol. The molecule has 1 aromatic heterocycles. The van der Waals surface area contributed by atoms with Crippen LogP contribution in [-0.2, 0) is 20.9 Å². The molecule has 0 spiro atoms. The summed E-state index contributed by atoms with van der Waals surface area (Å²) in [5.74, 6) is -1.30. The Balaban J connectivity index is 1.88. The molecule has 1 fully saturated rings. The van der Waals surface area contributed by atoms with E-state index < -0.39 is 23.8 Å². The third kappa shape index (κ3) is 3.02. The summed E-state index contributed by atoms with van der Waals surface area (Å²) in [6.07, 6.45) is 1.28. The van der Waals surface area contributed by atoms with Gasteiger partial charge in [-0.25, -0.2) is 4.98 Å².